The van der Waals surface area contributed by atoms with Crippen LogP contribution in [0, 0.1) is 12.7 Å². The number of rotatable bonds is 5. The summed E-state index contributed by atoms with van der Waals surface area (Å²) in [4.78, 5) is 4.53. The van der Waals surface area contributed by atoms with Gasteiger partial charge in [-0.1, -0.05) is 48.0 Å². The van der Waals surface area contributed by atoms with Gasteiger partial charge in [0.15, 0.2) is 5.96 Å². The summed E-state index contributed by atoms with van der Waals surface area (Å²) in [6.07, 6.45) is 0. The third kappa shape index (κ3) is 4.88. The first-order chi connectivity index (χ1) is 10.7. The van der Waals surface area contributed by atoms with Gasteiger partial charge in [0.05, 0.1) is 6.54 Å². The average molecular weight is 299 g/mol. The number of guanidine groups is 1. The van der Waals surface area contributed by atoms with E-state index in [0.717, 1.165) is 12.1 Å². The summed E-state index contributed by atoms with van der Waals surface area (Å²) in [5.74, 6) is 0.482. The highest BCUT2D eigenvalue weighted by Gasteiger charge is 2.02. The lowest BCUT2D eigenvalue weighted by molar-refractivity contribution is 0.604. The largest absolute Gasteiger partial charge is 0.357 e. The molecular weight excluding hydrogens is 277 g/mol. The van der Waals surface area contributed by atoms with E-state index in [0.29, 0.717) is 24.6 Å². The second-order valence-electron chi connectivity index (χ2n) is 5.13. The fourth-order valence-electron chi connectivity index (χ4n) is 2.03. The highest BCUT2D eigenvalue weighted by molar-refractivity contribution is 5.79. The van der Waals surface area contributed by atoms with E-state index in [1.54, 1.807) is 12.1 Å². The Bertz CT molecular complexity index is 620. The number of nitrogens with zero attached hydrogens (tertiary/aromatic N) is 1. The van der Waals surface area contributed by atoms with Crippen molar-refractivity contribution in [1.29, 1.82) is 0 Å². The van der Waals surface area contributed by atoms with Crippen molar-refractivity contribution in [3.63, 3.8) is 0 Å². The first-order valence-corrected chi connectivity index (χ1v) is 7.50. The predicted octanol–water partition coefficient (Wildman–Crippen LogP) is 3.39. The van der Waals surface area contributed by atoms with Gasteiger partial charge in [0.1, 0.15) is 5.82 Å². The molecule has 0 fully saturated rings. The molecule has 0 aliphatic rings. The van der Waals surface area contributed by atoms with Gasteiger partial charge in [-0.25, -0.2) is 9.38 Å². The van der Waals surface area contributed by atoms with Gasteiger partial charge in [-0.3, -0.25) is 0 Å². The van der Waals surface area contributed by atoms with Crippen molar-refractivity contribution in [1.82, 2.24) is 10.6 Å². The number of hydrogen-bond acceptors (Lipinski definition) is 1. The molecule has 0 radical (unpaired) electrons. The second-order valence-corrected chi connectivity index (χ2v) is 5.13. The van der Waals surface area contributed by atoms with Gasteiger partial charge in [-0.15, -0.1) is 0 Å². The number of aliphatic imine (C=N–C) groups is 1. The highest BCUT2D eigenvalue weighted by atomic mass is 19.1. The summed E-state index contributed by atoms with van der Waals surface area (Å²) < 4.78 is 13.6. The minimum absolute atomic E-state index is 0.204. The van der Waals surface area contributed by atoms with Crippen LogP contribution in [-0.4, -0.2) is 12.5 Å². The van der Waals surface area contributed by atoms with Crippen LogP contribution < -0.4 is 10.6 Å². The summed E-state index contributed by atoms with van der Waals surface area (Å²) in [7, 11) is 0. The molecule has 4 heteroatoms. The van der Waals surface area contributed by atoms with Crippen molar-refractivity contribution >= 4 is 5.96 Å². The van der Waals surface area contributed by atoms with E-state index in [1.807, 2.05) is 13.0 Å². The summed E-state index contributed by atoms with van der Waals surface area (Å²) in [5.41, 5.74) is 3.01. The molecule has 0 saturated carbocycles. The number of aryl methyl sites for hydroxylation is 1. The zero-order chi connectivity index (χ0) is 15.8. The van der Waals surface area contributed by atoms with Gasteiger partial charge in [0.2, 0.25) is 0 Å². The number of halogens is 1. The number of nitrogens with one attached hydrogen (secondary N) is 2. The summed E-state index contributed by atoms with van der Waals surface area (Å²) in [6.45, 7) is 5.83. The van der Waals surface area contributed by atoms with E-state index in [2.05, 4.69) is 46.8 Å². The Balaban J connectivity index is 1.98. The molecular formula is C18H22FN3. The normalized spacial score (nSPS) is 11.3. The summed E-state index contributed by atoms with van der Waals surface area (Å²) >= 11 is 0. The van der Waals surface area contributed by atoms with Gasteiger partial charge in [-0.05, 0) is 25.5 Å². The highest BCUT2D eigenvalue weighted by Crippen LogP contribution is 2.06. The molecule has 0 heterocycles. The Labute approximate surface area is 131 Å². The van der Waals surface area contributed by atoms with Crippen LogP contribution in [0.2, 0.25) is 0 Å². The van der Waals surface area contributed by atoms with Crippen LogP contribution in [0.15, 0.2) is 53.5 Å². The van der Waals surface area contributed by atoms with Gasteiger partial charge in [0.25, 0.3) is 0 Å². The van der Waals surface area contributed by atoms with Crippen molar-refractivity contribution in [2.24, 2.45) is 4.99 Å². The fourth-order valence-corrected chi connectivity index (χ4v) is 2.03. The molecule has 0 aromatic heterocycles. The maximum absolute atomic E-state index is 13.6. The topological polar surface area (TPSA) is 36.4 Å². The van der Waals surface area contributed by atoms with E-state index in [1.165, 1.54) is 11.6 Å². The lowest BCUT2D eigenvalue weighted by Gasteiger charge is -2.12. The lowest BCUT2D eigenvalue weighted by atomic mass is 10.1. The maximum atomic E-state index is 13.6. The molecule has 0 aliphatic carbocycles. The number of benzene rings is 2. The molecule has 116 valence electrons. The zero-order valence-corrected chi connectivity index (χ0v) is 13.1. The van der Waals surface area contributed by atoms with Crippen molar-refractivity contribution in [2.45, 2.75) is 26.9 Å². The van der Waals surface area contributed by atoms with Crippen molar-refractivity contribution in [2.75, 3.05) is 6.54 Å². The van der Waals surface area contributed by atoms with E-state index in [9.17, 15) is 4.39 Å². The Morgan fingerprint density at radius 3 is 2.45 bits per heavy atom. The zero-order valence-electron chi connectivity index (χ0n) is 13.1. The Hall–Kier alpha value is -2.36. The van der Waals surface area contributed by atoms with Crippen LogP contribution in [-0.2, 0) is 13.1 Å². The number of hydrogen-bond donors (Lipinski definition) is 2. The minimum Gasteiger partial charge on any atom is -0.357 e. The van der Waals surface area contributed by atoms with Gasteiger partial charge < -0.3 is 10.6 Å². The maximum Gasteiger partial charge on any atom is 0.191 e. The monoisotopic (exact) mass is 299 g/mol. The molecule has 2 rings (SSSR count). The van der Waals surface area contributed by atoms with E-state index in [4.69, 9.17) is 0 Å². The first-order valence-electron chi connectivity index (χ1n) is 7.50. The molecule has 0 atom stereocenters. The Morgan fingerprint density at radius 2 is 1.77 bits per heavy atom. The molecule has 0 aliphatic heterocycles. The van der Waals surface area contributed by atoms with E-state index < -0.39 is 0 Å². The average Bonchev–Trinajstić information content (AvgIpc) is 2.53. The Morgan fingerprint density at radius 1 is 1.05 bits per heavy atom. The third-order valence-electron chi connectivity index (χ3n) is 3.29. The third-order valence-corrected chi connectivity index (χ3v) is 3.29. The van der Waals surface area contributed by atoms with Gasteiger partial charge >= 0.3 is 0 Å². The molecule has 22 heavy (non-hydrogen) atoms. The molecule has 2 aromatic carbocycles. The molecule has 0 bridgehead atoms. The summed E-state index contributed by atoms with van der Waals surface area (Å²) in [6, 6.07) is 15.0. The molecule has 0 unspecified atom stereocenters. The SMILES string of the molecule is CCNC(=NCc1ccc(C)cc1)NCc1ccccc1F. The van der Waals surface area contributed by atoms with Crippen LogP contribution in [0.3, 0.4) is 0 Å². The van der Waals surface area contributed by atoms with Crippen LogP contribution in [0.25, 0.3) is 0 Å². The smallest absolute Gasteiger partial charge is 0.191 e. The first kappa shape index (κ1) is 16.0. The van der Waals surface area contributed by atoms with E-state index in [-0.39, 0.29) is 5.82 Å². The Kier molecular flexibility index (Phi) is 5.95. The minimum atomic E-state index is -0.204. The quantitative estimate of drug-likeness (QED) is 0.656. The molecule has 0 amide bonds. The van der Waals surface area contributed by atoms with Crippen LogP contribution in [0.1, 0.15) is 23.6 Å². The molecule has 2 aromatic rings. The fraction of sp³-hybridized carbons (Fsp3) is 0.278. The van der Waals surface area contributed by atoms with E-state index >= 15 is 0 Å². The van der Waals surface area contributed by atoms with Crippen molar-refractivity contribution in [3.8, 4) is 0 Å². The standard InChI is InChI=1S/C18H22FN3/c1-3-20-18(21-12-15-10-8-14(2)9-11-15)22-13-16-6-4-5-7-17(16)19/h4-11H,3,12-13H2,1-2H3,(H2,20,21,22). The lowest BCUT2D eigenvalue weighted by Crippen LogP contribution is -2.37. The van der Waals surface area contributed by atoms with Crippen molar-refractivity contribution < 1.29 is 4.39 Å². The second kappa shape index (κ2) is 8.17. The van der Waals surface area contributed by atoms with Crippen molar-refractivity contribution in [3.05, 3.63) is 71.0 Å². The van der Waals surface area contributed by atoms with Crippen LogP contribution >= 0.6 is 0 Å². The van der Waals surface area contributed by atoms with Gasteiger partial charge in [0, 0.05) is 18.7 Å². The molecule has 0 saturated heterocycles. The summed E-state index contributed by atoms with van der Waals surface area (Å²) in [5, 5.41) is 6.33. The predicted molar refractivity (Wildman–Crippen MR) is 89.2 cm³/mol. The van der Waals surface area contributed by atoms with Crippen LogP contribution in [0.5, 0.6) is 0 Å². The molecule has 0 spiro atoms. The van der Waals surface area contributed by atoms with Crippen LogP contribution in [0.4, 0.5) is 4.39 Å². The molecule has 3 nitrogen and oxygen atoms in total. The van der Waals surface area contributed by atoms with Gasteiger partial charge in [-0.2, -0.15) is 0 Å². The molecule has 2 N–H and O–H groups in total.